The fourth-order valence-corrected chi connectivity index (χ4v) is 1.68. The average Bonchev–Trinajstić information content (AvgIpc) is 2.73. The maximum Gasteiger partial charge on any atom is 0.358 e. The van der Waals surface area contributed by atoms with E-state index >= 15 is 0 Å². The molecule has 7 nitrogen and oxygen atoms in total. The maximum atomic E-state index is 10.8. The number of rotatable bonds is 2. The molecule has 18 heavy (non-hydrogen) atoms. The Morgan fingerprint density at radius 1 is 1.44 bits per heavy atom. The first-order valence-electron chi connectivity index (χ1n) is 5.29. The van der Waals surface area contributed by atoms with E-state index in [9.17, 15) is 4.79 Å². The van der Waals surface area contributed by atoms with Gasteiger partial charge in [0, 0.05) is 7.05 Å². The molecule has 2 aromatic rings. The second-order valence-electron chi connectivity index (χ2n) is 3.73. The Hall–Kier alpha value is -2.41. The van der Waals surface area contributed by atoms with Crippen LogP contribution in [0.1, 0.15) is 12.7 Å². The number of carbonyl (C=O) groups is 1. The minimum atomic E-state index is -0.798. The summed E-state index contributed by atoms with van der Waals surface area (Å²) in [6, 6.07) is 6.89. The number of benzene rings is 1. The summed E-state index contributed by atoms with van der Waals surface area (Å²) >= 11 is 0. The summed E-state index contributed by atoms with van der Waals surface area (Å²) in [5, 5.41) is 12.2. The van der Waals surface area contributed by atoms with Gasteiger partial charge in [0.15, 0.2) is 5.82 Å². The van der Waals surface area contributed by atoms with Crippen molar-refractivity contribution in [3.8, 4) is 0 Å². The number of urea groups is 1. The van der Waals surface area contributed by atoms with Crippen LogP contribution in [0.3, 0.4) is 0 Å². The molecule has 0 spiro atoms. The van der Waals surface area contributed by atoms with Crippen LogP contribution in [0, 0.1) is 0 Å². The first-order valence-corrected chi connectivity index (χ1v) is 5.29. The number of para-hydroxylation sites is 2. The van der Waals surface area contributed by atoms with E-state index in [1.165, 1.54) is 5.48 Å². The molecular weight excluding hydrogens is 234 g/mol. The number of carbonyl (C=O) groups excluding carboxylic acids is 1. The van der Waals surface area contributed by atoms with Crippen LogP contribution in [0.25, 0.3) is 11.0 Å². The number of aromatic nitrogens is 2. The zero-order valence-corrected chi connectivity index (χ0v) is 10.0. The van der Waals surface area contributed by atoms with Crippen LogP contribution in [0.15, 0.2) is 29.4 Å². The molecule has 0 atom stereocenters. The van der Waals surface area contributed by atoms with Crippen molar-refractivity contribution in [2.75, 3.05) is 0 Å². The van der Waals surface area contributed by atoms with Gasteiger partial charge in [0.05, 0.1) is 11.0 Å². The smallest absolute Gasteiger partial charge is 0.326 e. The quantitative estimate of drug-likeness (QED) is 0.420. The number of nitrogens with one attached hydrogen (secondary N) is 2. The van der Waals surface area contributed by atoms with Crippen LogP contribution >= 0.6 is 0 Å². The van der Waals surface area contributed by atoms with Gasteiger partial charge in [0.25, 0.3) is 0 Å². The van der Waals surface area contributed by atoms with Crippen molar-refractivity contribution in [1.29, 1.82) is 0 Å². The van der Waals surface area contributed by atoms with Crippen molar-refractivity contribution < 1.29 is 10.0 Å². The lowest BCUT2D eigenvalue weighted by Crippen LogP contribution is -2.30. The molecule has 1 heterocycles. The highest BCUT2D eigenvalue weighted by atomic mass is 16.5. The molecule has 2 amide bonds. The fraction of sp³-hybridized carbons (Fsp3) is 0.182. The van der Waals surface area contributed by atoms with E-state index in [0.29, 0.717) is 11.5 Å². The molecular formula is C11H13N5O2. The van der Waals surface area contributed by atoms with Crippen LogP contribution < -0.4 is 10.9 Å². The number of hydrogen-bond donors (Lipinski definition) is 3. The lowest BCUT2D eigenvalue weighted by molar-refractivity contribution is 0.162. The Kier molecular flexibility index (Phi) is 3.24. The number of amides is 2. The predicted octanol–water partition coefficient (Wildman–Crippen LogP) is 0.986. The van der Waals surface area contributed by atoms with Gasteiger partial charge < -0.3 is 4.57 Å². The molecule has 2 rings (SSSR count). The number of imidazole rings is 1. The lowest BCUT2D eigenvalue weighted by Gasteiger charge is -2.02. The van der Waals surface area contributed by atoms with Crippen molar-refractivity contribution in [2.45, 2.75) is 6.92 Å². The highest BCUT2D eigenvalue weighted by molar-refractivity contribution is 5.99. The number of hydrazone groups is 1. The molecule has 94 valence electrons. The fourth-order valence-electron chi connectivity index (χ4n) is 1.68. The van der Waals surface area contributed by atoms with Gasteiger partial charge in [-0.2, -0.15) is 5.10 Å². The van der Waals surface area contributed by atoms with Crippen molar-refractivity contribution in [1.82, 2.24) is 20.5 Å². The zero-order chi connectivity index (χ0) is 13.1. The number of fused-ring (bicyclic) bond motifs is 1. The van der Waals surface area contributed by atoms with E-state index in [4.69, 9.17) is 5.21 Å². The van der Waals surface area contributed by atoms with Gasteiger partial charge in [0.1, 0.15) is 5.71 Å². The Labute approximate surface area is 103 Å². The van der Waals surface area contributed by atoms with Crippen molar-refractivity contribution in [3.63, 3.8) is 0 Å². The SMILES string of the molecule is C/C(=N\NC(=O)NO)c1nc2ccccc2n1C. The summed E-state index contributed by atoms with van der Waals surface area (Å²) in [4.78, 5) is 15.2. The molecule has 0 aliphatic rings. The van der Waals surface area contributed by atoms with Crippen LogP contribution in [-0.2, 0) is 7.05 Å². The van der Waals surface area contributed by atoms with E-state index in [2.05, 4.69) is 15.5 Å². The molecule has 0 saturated heterocycles. The van der Waals surface area contributed by atoms with Crippen molar-refractivity contribution in [2.24, 2.45) is 12.1 Å². The van der Waals surface area contributed by atoms with Gasteiger partial charge >= 0.3 is 6.03 Å². The summed E-state index contributed by atoms with van der Waals surface area (Å²) in [7, 11) is 1.87. The Morgan fingerprint density at radius 2 is 2.17 bits per heavy atom. The third-order valence-corrected chi connectivity index (χ3v) is 2.54. The average molecular weight is 247 g/mol. The standard InChI is InChI=1S/C11H13N5O2/c1-7(13-14-11(17)15-18)10-12-8-5-3-4-6-9(8)16(10)2/h3-6,18H,1-2H3,(H2,14,15,17)/b13-7+. The van der Waals surface area contributed by atoms with E-state index in [0.717, 1.165) is 11.0 Å². The van der Waals surface area contributed by atoms with Gasteiger partial charge in [-0.15, -0.1) is 0 Å². The molecule has 0 aliphatic carbocycles. The highest BCUT2D eigenvalue weighted by Crippen LogP contribution is 2.14. The molecule has 0 radical (unpaired) electrons. The summed E-state index contributed by atoms with van der Waals surface area (Å²) in [5.41, 5.74) is 5.94. The third-order valence-electron chi connectivity index (χ3n) is 2.54. The molecule has 1 aromatic carbocycles. The number of nitrogens with zero attached hydrogens (tertiary/aromatic N) is 3. The Morgan fingerprint density at radius 3 is 2.83 bits per heavy atom. The molecule has 7 heteroatoms. The van der Waals surface area contributed by atoms with Crippen molar-refractivity contribution >= 4 is 22.8 Å². The predicted molar refractivity (Wildman–Crippen MR) is 66.4 cm³/mol. The van der Waals surface area contributed by atoms with Crippen LogP contribution in [0.4, 0.5) is 4.79 Å². The molecule has 0 bridgehead atoms. The second kappa shape index (κ2) is 4.84. The lowest BCUT2D eigenvalue weighted by atomic mass is 10.3. The number of hydrogen-bond acceptors (Lipinski definition) is 4. The monoisotopic (exact) mass is 247 g/mol. The van der Waals surface area contributed by atoms with Crippen LogP contribution in [-0.4, -0.2) is 26.5 Å². The summed E-state index contributed by atoms with van der Waals surface area (Å²) < 4.78 is 1.88. The minimum absolute atomic E-state index is 0.539. The van der Waals surface area contributed by atoms with E-state index in [1.54, 1.807) is 6.92 Å². The molecule has 0 aliphatic heterocycles. The van der Waals surface area contributed by atoms with Gasteiger partial charge in [-0.05, 0) is 19.1 Å². The summed E-state index contributed by atoms with van der Waals surface area (Å²) in [6.07, 6.45) is 0. The normalized spacial score (nSPS) is 11.6. The largest absolute Gasteiger partial charge is 0.358 e. The second-order valence-corrected chi connectivity index (χ2v) is 3.73. The first kappa shape index (κ1) is 12.1. The molecule has 0 fully saturated rings. The summed E-state index contributed by atoms with van der Waals surface area (Å²) in [6.45, 7) is 1.72. The third kappa shape index (κ3) is 2.16. The molecule has 1 aromatic heterocycles. The van der Waals surface area contributed by atoms with Crippen LogP contribution in [0.5, 0.6) is 0 Å². The Bertz CT molecular complexity index is 617. The molecule has 0 saturated carbocycles. The number of aryl methyl sites for hydroxylation is 1. The highest BCUT2D eigenvalue weighted by Gasteiger charge is 2.09. The van der Waals surface area contributed by atoms with E-state index in [1.807, 2.05) is 35.9 Å². The number of hydroxylamine groups is 1. The van der Waals surface area contributed by atoms with Gasteiger partial charge in [-0.3, -0.25) is 5.21 Å². The van der Waals surface area contributed by atoms with Crippen molar-refractivity contribution in [3.05, 3.63) is 30.1 Å². The summed E-state index contributed by atoms with van der Waals surface area (Å²) in [5.74, 6) is 0.648. The maximum absolute atomic E-state index is 10.8. The minimum Gasteiger partial charge on any atom is -0.326 e. The topological polar surface area (TPSA) is 91.5 Å². The first-order chi connectivity index (χ1) is 8.63. The zero-order valence-electron chi connectivity index (χ0n) is 10.0. The van der Waals surface area contributed by atoms with Gasteiger partial charge in [-0.1, -0.05) is 12.1 Å². The van der Waals surface area contributed by atoms with Gasteiger partial charge in [-0.25, -0.2) is 20.7 Å². The molecule has 0 unspecified atom stereocenters. The van der Waals surface area contributed by atoms with E-state index in [-0.39, 0.29) is 0 Å². The van der Waals surface area contributed by atoms with Crippen LogP contribution in [0.2, 0.25) is 0 Å². The van der Waals surface area contributed by atoms with Gasteiger partial charge in [0.2, 0.25) is 0 Å². The Balaban J connectivity index is 2.36. The van der Waals surface area contributed by atoms with E-state index < -0.39 is 6.03 Å². The molecule has 3 N–H and O–H groups in total.